The first-order valence-electron chi connectivity index (χ1n) is 10.8. The van der Waals surface area contributed by atoms with Gasteiger partial charge in [-0.25, -0.2) is 13.4 Å². The summed E-state index contributed by atoms with van der Waals surface area (Å²) in [6.45, 7) is 3.13. The van der Waals surface area contributed by atoms with Gasteiger partial charge in [0.05, 0.1) is 11.1 Å². The minimum Gasteiger partial charge on any atom is -0.486 e. The first kappa shape index (κ1) is 22.0. The molecule has 1 aromatic heterocycles. The molecule has 5 rings (SSSR count). The van der Waals surface area contributed by atoms with Crippen LogP contribution in [-0.4, -0.2) is 68.6 Å². The second-order valence-corrected chi connectivity index (χ2v) is 9.52. The Labute approximate surface area is 197 Å². The average molecular weight is 482 g/mol. The van der Waals surface area contributed by atoms with Crippen LogP contribution in [0.15, 0.2) is 66.0 Å². The molecule has 0 atom stereocenters. The quantitative estimate of drug-likeness (QED) is 0.589. The predicted octanol–water partition coefficient (Wildman–Crippen LogP) is 2.01. The molecule has 11 heteroatoms. The minimum absolute atomic E-state index is 0.0496. The number of sulfonamides is 1. The molecule has 2 aromatic carbocycles. The van der Waals surface area contributed by atoms with Crippen molar-refractivity contribution in [2.24, 2.45) is 0 Å². The van der Waals surface area contributed by atoms with Crippen molar-refractivity contribution in [2.75, 3.05) is 49.0 Å². The Hall–Kier alpha value is -3.86. The number of aromatic nitrogens is 2. The van der Waals surface area contributed by atoms with Gasteiger partial charge in [0.2, 0.25) is 0 Å². The lowest BCUT2D eigenvalue weighted by molar-refractivity contribution is 0.0746. The number of ether oxygens (including phenoxy) is 2. The summed E-state index contributed by atoms with van der Waals surface area (Å²) in [5.74, 6) is 1.53. The highest BCUT2D eigenvalue weighted by Crippen LogP contribution is 2.32. The molecule has 2 aliphatic rings. The lowest BCUT2D eigenvalue weighted by Crippen LogP contribution is -2.49. The third-order valence-electron chi connectivity index (χ3n) is 5.63. The fourth-order valence-corrected chi connectivity index (χ4v) is 4.96. The van der Waals surface area contributed by atoms with Gasteiger partial charge in [-0.1, -0.05) is 6.07 Å². The Kier molecular flexibility index (Phi) is 5.93. The summed E-state index contributed by atoms with van der Waals surface area (Å²) in [4.78, 5) is 25.3. The summed E-state index contributed by atoms with van der Waals surface area (Å²) >= 11 is 0. The molecule has 1 amide bonds. The fourth-order valence-electron chi connectivity index (χ4n) is 3.90. The zero-order valence-corrected chi connectivity index (χ0v) is 19.1. The van der Waals surface area contributed by atoms with Crippen LogP contribution < -0.4 is 19.1 Å². The van der Waals surface area contributed by atoms with E-state index in [4.69, 9.17) is 9.47 Å². The molecule has 0 spiro atoms. The van der Waals surface area contributed by atoms with Crippen molar-refractivity contribution >= 4 is 27.4 Å². The molecule has 1 fully saturated rings. The van der Waals surface area contributed by atoms with E-state index >= 15 is 0 Å². The molecule has 1 N–H and O–H groups in total. The van der Waals surface area contributed by atoms with Gasteiger partial charge in [-0.15, -0.1) is 0 Å². The van der Waals surface area contributed by atoms with Crippen LogP contribution in [0, 0.1) is 0 Å². The molecule has 10 nitrogen and oxygen atoms in total. The summed E-state index contributed by atoms with van der Waals surface area (Å²) < 4.78 is 39.3. The number of nitrogens with one attached hydrogen (secondary N) is 1. The highest BCUT2D eigenvalue weighted by atomic mass is 32.2. The van der Waals surface area contributed by atoms with Crippen LogP contribution in [0.2, 0.25) is 0 Å². The summed E-state index contributed by atoms with van der Waals surface area (Å²) in [5.41, 5.74) is 0.717. The molecular formula is C23H23N5O5S. The van der Waals surface area contributed by atoms with E-state index in [-0.39, 0.29) is 10.8 Å². The number of fused-ring (bicyclic) bond motifs is 1. The fraction of sp³-hybridized carbons (Fsp3) is 0.261. The molecule has 34 heavy (non-hydrogen) atoms. The summed E-state index contributed by atoms with van der Waals surface area (Å²) in [5, 5.41) is 0. The lowest BCUT2D eigenvalue weighted by Gasteiger charge is -2.35. The molecule has 176 valence electrons. The van der Waals surface area contributed by atoms with Crippen molar-refractivity contribution in [3.05, 3.63) is 66.6 Å². The number of rotatable bonds is 5. The maximum absolute atomic E-state index is 13.1. The van der Waals surface area contributed by atoms with Gasteiger partial charge in [0, 0.05) is 55.9 Å². The van der Waals surface area contributed by atoms with E-state index in [1.807, 2.05) is 0 Å². The molecule has 3 heterocycles. The Morgan fingerprint density at radius 1 is 0.941 bits per heavy atom. The highest BCUT2D eigenvalue weighted by Gasteiger charge is 2.24. The van der Waals surface area contributed by atoms with Gasteiger partial charge in [0.15, 0.2) is 11.5 Å². The number of piperazine rings is 1. The zero-order valence-electron chi connectivity index (χ0n) is 18.3. The molecule has 0 unspecified atom stereocenters. The third kappa shape index (κ3) is 4.60. The number of carbonyl (C=O) groups excluding carboxylic acids is 1. The Balaban J connectivity index is 1.27. The van der Waals surface area contributed by atoms with Crippen molar-refractivity contribution in [1.29, 1.82) is 0 Å². The maximum Gasteiger partial charge on any atom is 0.262 e. The van der Waals surface area contributed by atoms with Crippen LogP contribution in [-0.2, 0) is 10.0 Å². The standard InChI is InChI=1S/C23H23N5O5S/c29-23(28-10-8-27(9-11-28)22-16-24-6-7-25-22)17-2-1-3-18(14-17)26-34(30,31)19-4-5-20-21(15-19)33-13-12-32-20/h1-7,14-16,26H,8-13H2. The van der Waals surface area contributed by atoms with Gasteiger partial charge >= 0.3 is 0 Å². The number of amides is 1. The molecule has 3 aromatic rings. The largest absolute Gasteiger partial charge is 0.486 e. The second kappa shape index (κ2) is 9.18. The zero-order chi connectivity index (χ0) is 23.5. The van der Waals surface area contributed by atoms with E-state index in [0.29, 0.717) is 62.1 Å². The van der Waals surface area contributed by atoms with Crippen molar-refractivity contribution < 1.29 is 22.7 Å². The van der Waals surface area contributed by atoms with Crippen molar-refractivity contribution in [1.82, 2.24) is 14.9 Å². The summed E-state index contributed by atoms with van der Waals surface area (Å²) in [6.07, 6.45) is 4.97. The lowest BCUT2D eigenvalue weighted by atomic mass is 10.1. The van der Waals surface area contributed by atoms with E-state index in [2.05, 4.69) is 19.6 Å². The third-order valence-corrected chi connectivity index (χ3v) is 7.01. The number of benzene rings is 2. The normalized spacial score (nSPS) is 15.6. The monoisotopic (exact) mass is 481 g/mol. The number of carbonyl (C=O) groups is 1. The minimum atomic E-state index is -3.88. The molecule has 2 aliphatic heterocycles. The summed E-state index contributed by atoms with van der Waals surface area (Å²) in [6, 6.07) is 11.0. The van der Waals surface area contributed by atoms with Crippen LogP contribution in [0.5, 0.6) is 11.5 Å². The smallest absolute Gasteiger partial charge is 0.262 e. The number of nitrogens with zero attached hydrogens (tertiary/aromatic N) is 4. The van der Waals surface area contributed by atoms with Gasteiger partial charge in [0.1, 0.15) is 19.0 Å². The van der Waals surface area contributed by atoms with E-state index in [1.54, 1.807) is 53.8 Å². The molecule has 0 aliphatic carbocycles. The van der Waals surface area contributed by atoms with Crippen LogP contribution in [0.3, 0.4) is 0 Å². The SMILES string of the molecule is O=C(c1cccc(NS(=O)(=O)c2ccc3c(c2)OCCO3)c1)N1CCN(c2cnccn2)CC1. The molecule has 0 radical (unpaired) electrons. The van der Waals surface area contributed by atoms with Crippen LogP contribution in [0.4, 0.5) is 11.5 Å². The van der Waals surface area contributed by atoms with Crippen LogP contribution in [0.25, 0.3) is 0 Å². The number of anilines is 2. The second-order valence-electron chi connectivity index (χ2n) is 7.83. The Morgan fingerprint density at radius 3 is 2.50 bits per heavy atom. The van der Waals surface area contributed by atoms with Crippen molar-refractivity contribution in [3.8, 4) is 11.5 Å². The Bertz CT molecular complexity index is 1290. The predicted molar refractivity (Wildman–Crippen MR) is 125 cm³/mol. The highest BCUT2D eigenvalue weighted by molar-refractivity contribution is 7.92. The average Bonchev–Trinajstić information content (AvgIpc) is 2.88. The Morgan fingerprint density at radius 2 is 1.74 bits per heavy atom. The van der Waals surface area contributed by atoms with Gasteiger partial charge in [-0.3, -0.25) is 14.5 Å². The van der Waals surface area contributed by atoms with E-state index in [9.17, 15) is 13.2 Å². The van der Waals surface area contributed by atoms with E-state index in [1.165, 1.54) is 12.1 Å². The first-order valence-corrected chi connectivity index (χ1v) is 12.3. The summed E-state index contributed by atoms with van der Waals surface area (Å²) in [7, 11) is -3.88. The van der Waals surface area contributed by atoms with E-state index < -0.39 is 10.0 Å². The topological polar surface area (TPSA) is 114 Å². The number of hydrogen-bond donors (Lipinski definition) is 1. The molecular weight excluding hydrogens is 458 g/mol. The van der Waals surface area contributed by atoms with Gasteiger partial charge in [-0.2, -0.15) is 0 Å². The van der Waals surface area contributed by atoms with E-state index in [0.717, 1.165) is 5.82 Å². The van der Waals surface area contributed by atoms with Crippen LogP contribution in [0.1, 0.15) is 10.4 Å². The maximum atomic E-state index is 13.1. The van der Waals surface area contributed by atoms with Crippen molar-refractivity contribution in [2.45, 2.75) is 4.90 Å². The van der Waals surface area contributed by atoms with Gasteiger partial charge in [-0.05, 0) is 30.3 Å². The van der Waals surface area contributed by atoms with Gasteiger partial charge < -0.3 is 19.3 Å². The molecule has 0 bridgehead atoms. The number of hydrogen-bond acceptors (Lipinski definition) is 8. The van der Waals surface area contributed by atoms with Crippen molar-refractivity contribution in [3.63, 3.8) is 0 Å². The van der Waals surface area contributed by atoms with Crippen LogP contribution >= 0.6 is 0 Å². The molecule has 0 saturated carbocycles. The van der Waals surface area contributed by atoms with Gasteiger partial charge in [0.25, 0.3) is 15.9 Å². The molecule has 1 saturated heterocycles. The first-order chi connectivity index (χ1) is 16.5.